The molecule has 1 aliphatic rings. The first-order valence-corrected chi connectivity index (χ1v) is 5.63. The zero-order chi connectivity index (χ0) is 11.0. The standard InChI is InChI=1S/C10H14N6/c1-15-7-8(11-14-15)10-13-12-9-5-3-2-4-6-16(9)10/h7H,2-6H2,1H3. The Hall–Kier alpha value is -1.72. The summed E-state index contributed by atoms with van der Waals surface area (Å²) in [7, 11) is 1.86. The van der Waals surface area contributed by atoms with Gasteiger partial charge >= 0.3 is 0 Å². The molecular formula is C10H14N6. The van der Waals surface area contributed by atoms with Crippen molar-refractivity contribution in [1.29, 1.82) is 0 Å². The highest BCUT2D eigenvalue weighted by Gasteiger charge is 2.17. The van der Waals surface area contributed by atoms with Gasteiger partial charge in [0.25, 0.3) is 0 Å². The molecule has 6 heteroatoms. The molecule has 0 fully saturated rings. The highest BCUT2D eigenvalue weighted by molar-refractivity contribution is 5.47. The lowest BCUT2D eigenvalue weighted by Crippen LogP contribution is -2.03. The minimum atomic E-state index is 0.808. The molecule has 0 unspecified atom stereocenters. The molecule has 16 heavy (non-hydrogen) atoms. The van der Waals surface area contributed by atoms with Crippen LogP contribution in [0.2, 0.25) is 0 Å². The summed E-state index contributed by atoms with van der Waals surface area (Å²) in [5, 5.41) is 16.5. The topological polar surface area (TPSA) is 61.4 Å². The first-order chi connectivity index (χ1) is 7.84. The summed E-state index contributed by atoms with van der Waals surface area (Å²) < 4.78 is 3.87. The van der Waals surface area contributed by atoms with Crippen molar-refractivity contribution >= 4 is 0 Å². The van der Waals surface area contributed by atoms with E-state index >= 15 is 0 Å². The molecule has 3 rings (SSSR count). The molecule has 84 valence electrons. The average molecular weight is 218 g/mol. The van der Waals surface area contributed by atoms with Crippen LogP contribution in [0.4, 0.5) is 0 Å². The zero-order valence-electron chi connectivity index (χ0n) is 9.30. The van der Waals surface area contributed by atoms with Crippen LogP contribution in [-0.2, 0) is 20.0 Å². The van der Waals surface area contributed by atoms with Crippen molar-refractivity contribution in [1.82, 2.24) is 29.8 Å². The van der Waals surface area contributed by atoms with Gasteiger partial charge in [-0.05, 0) is 12.8 Å². The van der Waals surface area contributed by atoms with Crippen LogP contribution in [0.5, 0.6) is 0 Å². The Balaban J connectivity index is 2.05. The fourth-order valence-corrected chi connectivity index (χ4v) is 2.12. The first-order valence-electron chi connectivity index (χ1n) is 5.63. The van der Waals surface area contributed by atoms with Gasteiger partial charge in [-0.15, -0.1) is 15.3 Å². The highest BCUT2D eigenvalue weighted by atomic mass is 15.4. The van der Waals surface area contributed by atoms with E-state index in [1.165, 1.54) is 19.3 Å². The number of hydrogen-bond acceptors (Lipinski definition) is 4. The summed E-state index contributed by atoms with van der Waals surface area (Å²) in [5.41, 5.74) is 0.808. The molecule has 0 aliphatic carbocycles. The smallest absolute Gasteiger partial charge is 0.186 e. The summed E-state index contributed by atoms with van der Waals surface area (Å²) in [6.07, 6.45) is 6.57. The number of hydrogen-bond donors (Lipinski definition) is 0. The Morgan fingerprint density at radius 1 is 1.12 bits per heavy atom. The van der Waals surface area contributed by atoms with Crippen molar-refractivity contribution in [2.24, 2.45) is 7.05 Å². The summed E-state index contributed by atoms with van der Waals surface area (Å²) in [6, 6.07) is 0. The Morgan fingerprint density at radius 2 is 2.06 bits per heavy atom. The van der Waals surface area contributed by atoms with Crippen molar-refractivity contribution in [3.05, 3.63) is 12.0 Å². The molecule has 0 aromatic carbocycles. The van der Waals surface area contributed by atoms with Crippen LogP contribution in [0.3, 0.4) is 0 Å². The van der Waals surface area contributed by atoms with Gasteiger partial charge in [-0.25, -0.2) is 0 Å². The predicted octanol–water partition coefficient (Wildman–Crippen LogP) is 0.800. The molecule has 0 saturated carbocycles. The normalized spacial score (nSPS) is 15.8. The van der Waals surface area contributed by atoms with Crippen LogP contribution in [-0.4, -0.2) is 29.8 Å². The second-order valence-electron chi connectivity index (χ2n) is 4.18. The molecule has 3 heterocycles. The van der Waals surface area contributed by atoms with Crippen LogP contribution in [0.1, 0.15) is 25.1 Å². The van der Waals surface area contributed by atoms with Gasteiger partial charge in [0.1, 0.15) is 5.82 Å². The van der Waals surface area contributed by atoms with Gasteiger partial charge in [0.05, 0.1) is 6.20 Å². The third kappa shape index (κ3) is 1.50. The van der Waals surface area contributed by atoms with E-state index in [-0.39, 0.29) is 0 Å². The fourth-order valence-electron chi connectivity index (χ4n) is 2.12. The Morgan fingerprint density at radius 3 is 2.88 bits per heavy atom. The summed E-state index contributed by atoms with van der Waals surface area (Å²) in [4.78, 5) is 0. The van der Waals surface area contributed by atoms with E-state index in [4.69, 9.17) is 0 Å². The van der Waals surface area contributed by atoms with Gasteiger partial charge in [-0.3, -0.25) is 4.68 Å². The van der Waals surface area contributed by atoms with Crippen LogP contribution in [0.25, 0.3) is 11.5 Å². The zero-order valence-corrected chi connectivity index (χ0v) is 9.30. The molecule has 6 nitrogen and oxygen atoms in total. The number of nitrogens with zero attached hydrogens (tertiary/aromatic N) is 6. The Bertz CT molecular complexity index is 497. The first kappa shape index (κ1) is 9.50. The lowest BCUT2D eigenvalue weighted by Gasteiger charge is -2.03. The quantitative estimate of drug-likeness (QED) is 0.710. The number of aromatic nitrogens is 6. The number of rotatable bonds is 1. The van der Waals surface area contributed by atoms with E-state index in [9.17, 15) is 0 Å². The van der Waals surface area contributed by atoms with Crippen LogP contribution in [0, 0.1) is 0 Å². The molecule has 0 atom stereocenters. The van der Waals surface area contributed by atoms with Crippen molar-refractivity contribution in [3.8, 4) is 11.5 Å². The second-order valence-corrected chi connectivity index (χ2v) is 4.18. The predicted molar refractivity (Wildman–Crippen MR) is 57.6 cm³/mol. The molecule has 0 bridgehead atoms. The summed E-state index contributed by atoms with van der Waals surface area (Å²) in [5.74, 6) is 1.93. The van der Waals surface area contributed by atoms with Crippen LogP contribution >= 0.6 is 0 Å². The SMILES string of the molecule is Cn1cc(-c2nnc3n2CCCCC3)nn1. The molecule has 2 aromatic heterocycles. The maximum absolute atomic E-state index is 4.24. The van der Waals surface area contributed by atoms with Gasteiger partial charge in [-0.2, -0.15) is 0 Å². The molecule has 1 aliphatic heterocycles. The largest absolute Gasteiger partial charge is 0.310 e. The lowest BCUT2D eigenvalue weighted by atomic mass is 10.2. The monoisotopic (exact) mass is 218 g/mol. The average Bonchev–Trinajstić information content (AvgIpc) is 2.79. The van der Waals surface area contributed by atoms with Crippen LogP contribution < -0.4 is 0 Å². The van der Waals surface area contributed by atoms with Crippen molar-refractivity contribution in [2.75, 3.05) is 0 Å². The number of fused-ring (bicyclic) bond motifs is 1. The van der Waals surface area contributed by atoms with E-state index in [1.807, 2.05) is 13.2 Å². The third-order valence-corrected chi connectivity index (χ3v) is 2.94. The van der Waals surface area contributed by atoms with Gasteiger partial charge in [0.2, 0.25) is 0 Å². The van der Waals surface area contributed by atoms with Gasteiger partial charge in [-0.1, -0.05) is 11.6 Å². The fraction of sp³-hybridized carbons (Fsp3) is 0.600. The second kappa shape index (κ2) is 3.70. The third-order valence-electron chi connectivity index (χ3n) is 2.94. The lowest BCUT2D eigenvalue weighted by molar-refractivity contribution is 0.635. The molecule has 2 aromatic rings. The van der Waals surface area contributed by atoms with Crippen molar-refractivity contribution in [2.45, 2.75) is 32.2 Å². The van der Waals surface area contributed by atoms with E-state index < -0.39 is 0 Å². The summed E-state index contributed by atoms with van der Waals surface area (Å²) >= 11 is 0. The van der Waals surface area contributed by atoms with Gasteiger partial charge in [0.15, 0.2) is 11.5 Å². The van der Waals surface area contributed by atoms with Crippen molar-refractivity contribution in [3.63, 3.8) is 0 Å². The van der Waals surface area contributed by atoms with E-state index in [0.717, 1.165) is 30.3 Å². The van der Waals surface area contributed by atoms with Gasteiger partial charge < -0.3 is 4.57 Å². The van der Waals surface area contributed by atoms with E-state index in [1.54, 1.807) is 4.68 Å². The minimum absolute atomic E-state index is 0.808. The molecule has 0 saturated heterocycles. The van der Waals surface area contributed by atoms with Gasteiger partial charge in [0, 0.05) is 20.0 Å². The van der Waals surface area contributed by atoms with E-state index in [2.05, 4.69) is 25.1 Å². The molecule has 0 radical (unpaired) electrons. The van der Waals surface area contributed by atoms with Crippen LogP contribution in [0.15, 0.2) is 6.20 Å². The molecule has 0 amide bonds. The maximum atomic E-state index is 4.24. The number of aryl methyl sites for hydroxylation is 2. The minimum Gasteiger partial charge on any atom is -0.310 e. The maximum Gasteiger partial charge on any atom is 0.186 e. The molecule has 0 spiro atoms. The summed E-state index contributed by atoms with van der Waals surface area (Å²) in [6.45, 7) is 0.994. The van der Waals surface area contributed by atoms with Crippen molar-refractivity contribution < 1.29 is 0 Å². The Kier molecular flexibility index (Phi) is 2.19. The van der Waals surface area contributed by atoms with E-state index in [0.29, 0.717) is 0 Å². The molecular weight excluding hydrogens is 204 g/mol. The molecule has 0 N–H and O–H groups in total. The Labute approximate surface area is 93.3 Å². The highest BCUT2D eigenvalue weighted by Crippen LogP contribution is 2.20.